The zero-order chi connectivity index (χ0) is 27.7. The Labute approximate surface area is 227 Å². The molecule has 0 radical (unpaired) electrons. The number of allylic oxidation sites excluding steroid dienone is 1. The van der Waals surface area contributed by atoms with Gasteiger partial charge >= 0.3 is 11.9 Å². The van der Waals surface area contributed by atoms with Gasteiger partial charge in [-0.25, -0.2) is 9.78 Å². The number of rotatable bonds is 13. The molecule has 3 N–H and O–H groups in total. The molecular formula is C24H27N5O7S2. The van der Waals surface area contributed by atoms with E-state index in [9.17, 15) is 19.2 Å². The fourth-order valence-corrected chi connectivity index (χ4v) is 5.43. The van der Waals surface area contributed by atoms with E-state index in [0.717, 1.165) is 24.2 Å². The van der Waals surface area contributed by atoms with Gasteiger partial charge in [0, 0.05) is 17.6 Å². The number of carbonyl (C=O) groups is 4. The van der Waals surface area contributed by atoms with Crippen molar-refractivity contribution >= 4 is 57.7 Å². The van der Waals surface area contributed by atoms with Crippen molar-refractivity contribution in [2.24, 2.45) is 5.16 Å². The Bertz CT molecular complexity index is 1200. The predicted molar refractivity (Wildman–Crippen MR) is 141 cm³/mol. The van der Waals surface area contributed by atoms with Gasteiger partial charge in [-0.1, -0.05) is 43.5 Å². The number of unbranched alkanes of at least 4 members (excludes halogenated alkanes) is 2. The van der Waals surface area contributed by atoms with Crippen LogP contribution in [0.2, 0.25) is 0 Å². The number of oxime groups is 1. The first kappa shape index (κ1) is 28.7. The van der Waals surface area contributed by atoms with E-state index in [1.54, 1.807) is 0 Å². The summed E-state index contributed by atoms with van der Waals surface area (Å²) in [5, 5.41) is 7.50. The summed E-state index contributed by atoms with van der Waals surface area (Å²) < 4.78 is 10.1. The van der Waals surface area contributed by atoms with Crippen molar-refractivity contribution in [2.75, 3.05) is 24.9 Å². The number of hydrogen-bond donors (Lipinski definition) is 2. The molecular weight excluding hydrogens is 534 g/mol. The maximum absolute atomic E-state index is 13.1. The van der Waals surface area contributed by atoms with E-state index in [1.165, 1.54) is 28.1 Å². The summed E-state index contributed by atoms with van der Waals surface area (Å²) in [7, 11) is 0. The number of aromatic nitrogens is 1. The van der Waals surface area contributed by atoms with Crippen molar-refractivity contribution in [1.29, 1.82) is 0 Å². The molecule has 1 aromatic heterocycles. The standard InChI is InChI=1S/C24H27N5O7S2/c1-4-7-8-9-16(30)34-13-35-23(33)19-14(6-3)11-37-22-18(21(32)29(19)22)27-20(31)17(28-36-10-5-2)15-12-38-24(25)26-15/h2,6,12,18,22H,3-4,7-11,13H2,1H3,(H2,25,26)(H,27,31)/b28-17-/t18?,22-/m1/s1. The van der Waals surface area contributed by atoms with Crippen LogP contribution in [0.4, 0.5) is 5.13 Å². The summed E-state index contributed by atoms with van der Waals surface area (Å²) in [4.78, 5) is 60.9. The molecule has 3 rings (SSSR count). The third-order valence-electron chi connectivity index (χ3n) is 5.40. The fourth-order valence-electron chi connectivity index (χ4n) is 3.54. The molecule has 0 saturated carbocycles. The topological polar surface area (TPSA) is 163 Å². The molecule has 1 saturated heterocycles. The summed E-state index contributed by atoms with van der Waals surface area (Å²) in [5.41, 5.74) is 6.08. The highest BCUT2D eigenvalue weighted by Gasteiger charge is 2.54. The zero-order valence-corrected chi connectivity index (χ0v) is 22.3. The number of nitrogens with zero attached hydrogens (tertiary/aromatic N) is 3. The fraction of sp³-hybridized carbons (Fsp3) is 0.417. The van der Waals surface area contributed by atoms with Crippen LogP contribution < -0.4 is 11.1 Å². The third-order valence-corrected chi connectivity index (χ3v) is 7.38. The van der Waals surface area contributed by atoms with Gasteiger partial charge < -0.3 is 25.4 Å². The molecule has 2 aliphatic heterocycles. The van der Waals surface area contributed by atoms with E-state index in [4.69, 9.17) is 26.5 Å². The van der Waals surface area contributed by atoms with Crippen LogP contribution in [0.5, 0.6) is 0 Å². The van der Waals surface area contributed by atoms with Crippen LogP contribution in [0.15, 0.2) is 34.5 Å². The predicted octanol–water partition coefficient (Wildman–Crippen LogP) is 1.54. The lowest BCUT2D eigenvalue weighted by Gasteiger charge is -2.49. The lowest BCUT2D eigenvalue weighted by atomic mass is 10.0. The molecule has 1 fully saturated rings. The van der Waals surface area contributed by atoms with Crippen molar-refractivity contribution in [1.82, 2.24) is 15.2 Å². The molecule has 0 bridgehead atoms. The number of amides is 2. The first-order chi connectivity index (χ1) is 18.3. The second-order valence-electron chi connectivity index (χ2n) is 7.95. The number of thiazole rings is 1. The van der Waals surface area contributed by atoms with Gasteiger partial charge in [0.25, 0.3) is 11.8 Å². The van der Waals surface area contributed by atoms with Crippen LogP contribution in [-0.2, 0) is 33.5 Å². The summed E-state index contributed by atoms with van der Waals surface area (Å²) in [6, 6.07) is -0.966. The Hall–Kier alpha value is -3.83. The van der Waals surface area contributed by atoms with Crippen LogP contribution in [0, 0.1) is 12.3 Å². The molecule has 0 aromatic carbocycles. The normalized spacial score (nSPS) is 18.6. The minimum absolute atomic E-state index is 0.0141. The largest absolute Gasteiger partial charge is 0.428 e. The van der Waals surface area contributed by atoms with E-state index < -0.39 is 42.0 Å². The highest BCUT2D eigenvalue weighted by atomic mass is 32.2. The molecule has 14 heteroatoms. The number of fused-ring (bicyclic) bond motifs is 1. The number of terminal acetylenes is 1. The number of hydrogen-bond acceptors (Lipinski definition) is 12. The third kappa shape index (κ3) is 6.73. The van der Waals surface area contributed by atoms with E-state index >= 15 is 0 Å². The highest BCUT2D eigenvalue weighted by molar-refractivity contribution is 8.00. The molecule has 2 aliphatic rings. The monoisotopic (exact) mass is 561 g/mol. The van der Waals surface area contributed by atoms with Crippen molar-refractivity contribution < 1.29 is 33.5 Å². The van der Waals surface area contributed by atoms with Crippen LogP contribution in [0.1, 0.15) is 38.3 Å². The van der Waals surface area contributed by atoms with Gasteiger partial charge in [0.15, 0.2) is 17.5 Å². The summed E-state index contributed by atoms with van der Waals surface area (Å²) in [6.07, 6.45) is 9.37. The number of esters is 2. The first-order valence-corrected chi connectivity index (χ1v) is 13.5. The molecule has 1 unspecified atom stereocenters. The number of β-lactam (4-membered cyclic amide) rings is 1. The average molecular weight is 562 g/mol. The molecule has 38 heavy (non-hydrogen) atoms. The van der Waals surface area contributed by atoms with Crippen LogP contribution in [0.3, 0.4) is 0 Å². The SMILES string of the molecule is C#CCO/N=C(\C(=O)NC1C(=O)N2C(C(=O)OCOC(=O)CCCCC)=C(C=C)CS[C@H]12)c1csc(N)n1. The average Bonchev–Trinajstić information content (AvgIpc) is 3.34. The van der Waals surface area contributed by atoms with Crippen LogP contribution >= 0.6 is 23.1 Å². The van der Waals surface area contributed by atoms with Crippen molar-refractivity contribution in [3.8, 4) is 12.3 Å². The van der Waals surface area contributed by atoms with Gasteiger partial charge in [-0.2, -0.15) is 0 Å². The molecule has 1 aromatic rings. The summed E-state index contributed by atoms with van der Waals surface area (Å²) in [6.45, 7) is 4.96. The van der Waals surface area contributed by atoms with Gasteiger partial charge in [0.2, 0.25) is 6.79 Å². The van der Waals surface area contributed by atoms with Crippen molar-refractivity contribution in [3.05, 3.63) is 35.0 Å². The van der Waals surface area contributed by atoms with Crippen molar-refractivity contribution in [3.63, 3.8) is 0 Å². The molecule has 2 amide bonds. The quantitative estimate of drug-likeness (QED) is 0.0687. The number of nitrogens with two attached hydrogens (primary N) is 1. The second-order valence-corrected chi connectivity index (χ2v) is 9.95. The molecule has 0 spiro atoms. The van der Waals surface area contributed by atoms with E-state index in [0.29, 0.717) is 17.7 Å². The van der Waals surface area contributed by atoms with Gasteiger partial charge in [0.05, 0.1) is 0 Å². The maximum atomic E-state index is 13.1. The maximum Gasteiger partial charge on any atom is 0.358 e. The highest BCUT2D eigenvalue weighted by Crippen LogP contribution is 2.41. The number of ether oxygens (including phenoxy) is 2. The summed E-state index contributed by atoms with van der Waals surface area (Å²) in [5.74, 6) is -0.0273. The van der Waals surface area contributed by atoms with E-state index in [-0.39, 0.29) is 35.3 Å². The minimum Gasteiger partial charge on any atom is -0.428 e. The Kier molecular flexibility index (Phi) is 10.3. The number of thioether (sulfide) groups is 1. The Morgan fingerprint density at radius 1 is 1.39 bits per heavy atom. The molecule has 2 atom stereocenters. The van der Waals surface area contributed by atoms with E-state index in [2.05, 4.69) is 28.0 Å². The smallest absolute Gasteiger partial charge is 0.358 e. The Morgan fingerprint density at radius 3 is 2.84 bits per heavy atom. The Morgan fingerprint density at radius 2 is 2.18 bits per heavy atom. The van der Waals surface area contributed by atoms with Crippen LogP contribution in [-0.4, -0.2) is 69.9 Å². The number of nitrogens with one attached hydrogen (secondary N) is 1. The van der Waals surface area contributed by atoms with Gasteiger partial charge in [0.1, 0.15) is 22.8 Å². The lowest BCUT2D eigenvalue weighted by Crippen LogP contribution is -2.71. The van der Waals surface area contributed by atoms with Crippen molar-refractivity contribution in [2.45, 2.75) is 44.0 Å². The lowest BCUT2D eigenvalue weighted by molar-refractivity contribution is -0.168. The number of anilines is 1. The van der Waals surface area contributed by atoms with Gasteiger partial charge in [-0.05, 0) is 12.0 Å². The van der Waals surface area contributed by atoms with Gasteiger partial charge in [-0.15, -0.1) is 29.5 Å². The van der Waals surface area contributed by atoms with Crippen LogP contribution in [0.25, 0.3) is 0 Å². The Balaban J connectivity index is 1.66. The van der Waals surface area contributed by atoms with E-state index in [1.807, 2.05) is 6.92 Å². The number of carbonyl (C=O) groups excluding carboxylic acids is 4. The second kappa shape index (κ2) is 13.6. The first-order valence-electron chi connectivity index (χ1n) is 11.6. The molecule has 202 valence electrons. The summed E-state index contributed by atoms with van der Waals surface area (Å²) >= 11 is 2.43. The molecule has 12 nitrogen and oxygen atoms in total. The number of nitrogen functional groups attached to an aromatic ring is 1. The van der Waals surface area contributed by atoms with Gasteiger partial charge in [-0.3, -0.25) is 19.3 Å². The molecule has 0 aliphatic carbocycles. The zero-order valence-electron chi connectivity index (χ0n) is 20.6. The molecule has 3 heterocycles. The minimum atomic E-state index is -0.966.